The predicted octanol–water partition coefficient (Wildman–Crippen LogP) is 3.75. The molecule has 1 aromatic rings. The number of benzene rings is 1. The largest absolute Gasteiger partial charge is 0.385 e. The molecule has 3 rings (SSSR count). The molecule has 8 heteroatoms. The molecule has 2 N–H and O–H groups in total. The van der Waals surface area contributed by atoms with Gasteiger partial charge in [-0.2, -0.15) is 0 Å². The van der Waals surface area contributed by atoms with Gasteiger partial charge in [0.05, 0.1) is 4.75 Å². The minimum atomic E-state index is -3.34. The van der Waals surface area contributed by atoms with Gasteiger partial charge in [-0.25, -0.2) is 17.5 Å². The van der Waals surface area contributed by atoms with E-state index in [1.165, 1.54) is 12.1 Å². The van der Waals surface area contributed by atoms with E-state index < -0.39 is 20.6 Å². The number of rotatable bonds is 6. The van der Waals surface area contributed by atoms with Gasteiger partial charge in [-0.1, -0.05) is 0 Å². The summed E-state index contributed by atoms with van der Waals surface area (Å²) in [6.07, 6.45) is 5.40. The molecule has 1 saturated heterocycles. The van der Waals surface area contributed by atoms with Crippen LogP contribution >= 0.6 is 0 Å². The summed E-state index contributed by atoms with van der Waals surface area (Å²) in [5, 5.41) is 3.28. The van der Waals surface area contributed by atoms with Crippen LogP contribution in [0.5, 0.6) is 0 Å². The summed E-state index contributed by atoms with van der Waals surface area (Å²) in [5.74, 6) is -0.133. The molecule has 0 spiro atoms. The van der Waals surface area contributed by atoms with Crippen molar-refractivity contribution in [3.05, 3.63) is 29.6 Å². The Kier molecular flexibility index (Phi) is 7.07. The second-order valence-electron chi connectivity index (χ2n) is 9.56. The van der Waals surface area contributed by atoms with E-state index in [0.717, 1.165) is 51.6 Å². The minimum Gasteiger partial charge on any atom is -0.385 e. The average Bonchev–Trinajstić information content (AvgIpc) is 3.20. The lowest BCUT2D eigenvalue weighted by molar-refractivity contribution is 0.0792. The maximum Gasteiger partial charge on any atom is 0.254 e. The lowest BCUT2D eigenvalue weighted by atomic mass is 9.86. The van der Waals surface area contributed by atoms with Crippen LogP contribution in [0, 0.1) is 11.7 Å². The number of anilines is 1. The summed E-state index contributed by atoms with van der Waals surface area (Å²) in [4.78, 5) is 14.3. The number of amides is 1. The lowest BCUT2D eigenvalue weighted by Gasteiger charge is -2.31. The Bertz CT molecular complexity index is 853. The SMILES string of the molecule is CC(C)(C)S(=O)(=O)NC1CCC(CNc2cc(F)cc(C(=O)N3CCCC3)c2)CC1. The third-order valence-corrected chi connectivity index (χ3v) is 8.36. The van der Waals surface area contributed by atoms with E-state index in [2.05, 4.69) is 10.0 Å². The average molecular weight is 440 g/mol. The fourth-order valence-corrected chi connectivity index (χ4v) is 5.09. The number of likely N-dealkylation sites (tertiary alicyclic amines) is 1. The normalized spacial score (nSPS) is 22.9. The lowest BCUT2D eigenvalue weighted by Crippen LogP contribution is -2.46. The third-order valence-electron chi connectivity index (χ3n) is 6.11. The Morgan fingerprint density at radius 1 is 1.10 bits per heavy atom. The summed E-state index contributed by atoms with van der Waals surface area (Å²) in [7, 11) is -3.34. The summed E-state index contributed by atoms with van der Waals surface area (Å²) >= 11 is 0. The number of nitrogens with one attached hydrogen (secondary N) is 2. The Morgan fingerprint density at radius 3 is 2.33 bits per heavy atom. The van der Waals surface area contributed by atoms with E-state index in [9.17, 15) is 17.6 Å². The van der Waals surface area contributed by atoms with Crippen LogP contribution in [0.4, 0.5) is 10.1 Å². The molecule has 6 nitrogen and oxygen atoms in total. The van der Waals surface area contributed by atoms with Gasteiger partial charge >= 0.3 is 0 Å². The van der Waals surface area contributed by atoms with Crippen LogP contribution < -0.4 is 10.0 Å². The second-order valence-corrected chi connectivity index (χ2v) is 12.0. The molecule has 30 heavy (non-hydrogen) atoms. The first-order valence-electron chi connectivity index (χ1n) is 10.9. The van der Waals surface area contributed by atoms with Crippen molar-refractivity contribution in [2.75, 3.05) is 25.0 Å². The molecule has 0 radical (unpaired) electrons. The molecular weight excluding hydrogens is 405 g/mol. The predicted molar refractivity (Wildman–Crippen MR) is 118 cm³/mol. The van der Waals surface area contributed by atoms with Gasteiger partial charge in [0.1, 0.15) is 5.82 Å². The number of hydrogen-bond acceptors (Lipinski definition) is 4. The summed E-state index contributed by atoms with van der Waals surface area (Å²) in [6.45, 7) is 7.26. The molecule has 1 amide bonds. The quantitative estimate of drug-likeness (QED) is 0.708. The van der Waals surface area contributed by atoms with E-state index in [4.69, 9.17) is 0 Å². The number of nitrogens with zero attached hydrogens (tertiary/aromatic N) is 1. The van der Waals surface area contributed by atoms with Crippen molar-refractivity contribution in [3.63, 3.8) is 0 Å². The number of halogens is 1. The highest BCUT2D eigenvalue weighted by Crippen LogP contribution is 2.27. The molecule has 168 valence electrons. The van der Waals surface area contributed by atoms with Crippen LogP contribution in [0.25, 0.3) is 0 Å². The van der Waals surface area contributed by atoms with Crippen LogP contribution in [-0.2, 0) is 10.0 Å². The molecular formula is C22H34FN3O3S. The zero-order valence-corrected chi connectivity index (χ0v) is 19.0. The molecule has 0 atom stereocenters. The summed E-state index contributed by atoms with van der Waals surface area (Å²) < 4.78 is 40.8. The number of sulfonamides is 1. The molecule has 1 aromatic carbocycles. The number of carbonyl (C=O) groups excluding carboxylic acids is 1. The smallest absolute Gasteiger partial charge is 0.254 e. The molecule has 0 unspecified atom stereocenters. The highest BCUT2D eigenvalue weighted by atomic mass is 32.2. The van der Waals surface area contributed by atoms with Crippen LogP contribution in [0.3, 0.4) is 0 Å². The molecule has 2 aliphatic rings. The summed E-state index contributed by atoms with van der Waals surface area (Å²) in [6, 6.07) is 4.43. The Balaban J connectivity index is 1.51. The third kappa shape index (κ3) is 5.72. The zero-order valence-electron chi connectivity index (χ0n) is 18.2. The zero-order chi connectivity index (χ0) is 21.9. The maximum atomic E-state index is 14.1. The van der Waals surface area contributed by atoms with Crippen LogP contribution in [-0.4, -0.2) is 49.6 Å². The molecule has 1 heterocycles. The highest BCUT2D eigenvalue weighted by Gasteiger charge is 2.32. The van der Waals surface area contributed by atoms with E-state index in [0.29, 0.717) is 23.7 Å². The standard InChI is InChI=1S/C22H34FN3O3S/c1-22(2,3)30(28,29)25-19-8-6-16(7-9-19)15-24-20-13-17(12-18(23)14-20)21(27)26-10-4-5-11-26/h12-14,16,19,24-25H,4-11,15H2,1-3H3. The van der Waals surface area contributed by atoms with Gasteiger partial charge in [0.2, 0.25) is 10.0 Å². The van der Waals surface area contributed by atoms with Crippen LogP contribution in [0.1, 0.15) is 69.7 Å². The van der Waals surface area contributed by atoms with Gasteiger partial charge in [0, 0.05) is 36.9 Å². The second kappa shape index (κ2) is 9.22. The van der Waals surface area contributed by atoms with Gasteiger partial charge in [0.15, 0.2) is 0 Å². The molecule has 1 aliphatic heterocycles. The fourth-order valence-electron chi connectivity index (χ4n) is 4.06. The summed E-state index contributed by atoms with van der Waals surface area (Å²) in [5.41, 5.74) is 1.01. The van der Waals surface area contributed by atoms with Crippen molar-refractivity contribution in [1.29, 1.82) is 0 Å². The van der Waals surface area contributed by atoms with E-state index >= 15 is 0 Å². The first-order valence-corrected chi connectivity index (χ1v) is 12.4. The van der Waals surface area contributed by atoms with Crippen molar-refractivity contribution in [2.45, 2.75) is 70.1 Å². The number of carbonyl (C=O) groups is 1. The molecule has 0 bridgehead atoms. The van der Waals surface area contributed by atoms with E-state index in [-0.39, 0.29) is 11.9 Å². The van der Waals surface area contributed by atoms with E-state index in [1.807, 2.05) is 0 Å². The number of hydrogen-bond donors (Lipinski definition) is 2. The minimum absolute atomic E-state index is 0.0238. The topological polar surface area (TPSA) is 78.5 Å². The van der Waals surface area contributed by atoms with Crippen LogP contribution in [0.2, 0.25) is 0 Å². The van der Waals surface area contributed by atoms with Gasteiger partial charge in [-0.15, -0.1) is 0 Å². The molecule has 1 saturated carbocycles. The fraction of sp³-hybridized carbons (Fsp3) is 0.682. The molecule has 1 aliphatic carbocycles. The van der Waals surface area contributed by atoms with Crippen molar-refractivity contribution < 1.29 is 17.6 Å². The van der Waals surface area contributed by atoms with Crippen LogP contribution in [0.15, 0.2) is 18.2 Å². The molecule has 0 aromatic heterocycles. The highest BCUT2D eigenvalue weighted by molar-refractivity contribution is 7.90. The Morgan fingerprint density at radius 2 is 1.73 bits per heavy atom. The maximum absolute atomic E-state index is 14.1. The van der Waals surface area contributed by atoms with Gasteiger partial charge in [-0.3, -0.25) is 4.79 Å². The molecule has 2 fully saturated rings. The van der Waals surface area contributed by atoms with Gasteiger partial charge in [0.25, 0.3) is 5.91 Å². The first kappa shape index (κ1) is 23.0. The van der Waals surface area contributed by atoms with Gasteiger partial charge < -0.3 is 10.2 Å². The first-order chi connectivity index (χ1) is 14.0. The van der Waals surface area contributed by atoms with Crippen molar-refractivity contribution in [3.8, 4) is 0 Å². The monoisotopic (exact) mass is 439 g/mol. The van der Waals surface area contributed by atoms with Crippen molar-refractivity contribution in [2.24, 2.45) is 5.92 Å². The van der Waals surface area contributed by atoms with Crippen molar-refractivity contribution in [1.82, 2.24) is 9.62 Å². The van der Waals surface area contributed by atoms with Gasteiger partial charge in [-0.05, 0) is 83.4 Å². The van der Waals surface area contributed by atoms with Crippen molar-refractivity contribution >= 4 is 21.6 Å². The Hall–Kier alpha value is -1.67. The Labute approximate surface area is 179 Å². The van der Waals surface area contributed by atoms with E-state index in [1.54, 1.807) is 31.7 Å².